The van der Waals surface area contributed by atoms with E-state index in [4.69, 9.17) is 4.74 Å². The number of amides is 1. The van der Waals surface area contributed by atoms with Crippen molar-refractivity contribution in [1.29, 1.82) is 0 Å². The monoisotopic (exact) mass is 303 g/mol. The van der Waals surface area contributed by atoms with Gasteiger partial charge in [0.15, 0.2) is 0 Å². The van der Waals surface area contributed by atoms with Crippen LogP contribution in [0.4, 0.5) is 5.69 Å². The Balaban J connectivity index is 1.84. The number of carboxylic acid groups (broad SMARTS) is 1. The topological polar surface area (TPSA) is 75.6 Å². The first kappa shape index (κ1) is 15.0. The highest BCUT2D eigenvalue weighted by Gasteiger charge is 2.55. The summed E-state index contributed by atoms with van der Waals surface area (Å²) in [6.45, 7) is 5.90. The van der Waals surface area contributed by atoms with Crippen LogP contribution in [0.25, 0.3) is 0 Å². The van der Waals surface area contributed by atoms with E-state index in [1.165, 1.54) is 0 Å². The van der Waals surface area contributed by atoms with Gasteiger partial charge in [-0.15, -0.1) is 0 Å². The number of carbonyl (C=O) groups is 2. The minimum Gasteiger partial charge on any atom is -0.481 e. The molecule has 0 radical (unpaired) electrons. The van der Waals surface area contributed by atoms with E-state index in [0.717, 1.165) is 35.2 Å². The maximum Gasteiger partial charge on any atom is 0.310 e. The van der Waals surface area contributed by atoms with E-state index in [0.29, 0.717) is 0 Å². The lowest BCUT2D eigenvalue weighted by Crippen LogP contribution is -2.41. The highest BCUT2D eigenvalue weighted by molar-refractivity contribution is 5.97. The minimum atomic E-state index is -0.940. The molecule has 5 nitrogen and oxygen atoms in total. The van der Waals surface area contributed by atoms with Crippen LogP contribution in [0, 0.1) is 32.6 Å². The molecule has 2 saturated heterocycles. The number of carbonyl (C=O) groups excluding carboxylic acids is 1. The molecule has 0 spiro atoms. The molecule has 2 N–H and O–H groups in total. The standard InChI is InChI=1S/C17H21NO4/c1-8-6-9(2)15(10(3)7-8)18-16(19)13-11-4-5-12(22-11)14(13)17(20)21/h6-7,11-14H,4-5H2,1-3H3,(H,18,19)(H,20,21)/t11-,12+,13?,14?/m1/s1. The fraction of sp³-hybridized carbons (Fsp3) is 0.529. The van der Waals surface area contributed by atoms with Crippen molar-refractivity contribution < 1.29 is 19.4 Å². The van der Waals surface area contributed by atoms with Gasteiger partial charge in [0.1, 0.15) is 0 Å². The lowest BCUT2D eigenvalue weighted by atomic mass is 9.78. The predicted octanol–water partition coefficient (Wildman–Crippen LogP) is 2.43. The zero-order valence-electron chi connectivity index (χ0n) is 13.1. The lowest BCUT2D eigenvalue weighted by Gasteiger charge is -2.24. The van der Waals surface area contributed by atoms with Crippen LogP contribution < -0.4 is 5.32 Å². The fourth-order valence-corrected chi connectivity index (χ4v) is 3.91. The van der Waals surface area contributed by atoms with E-state index in [1.54, 1.807) is 0 Å². The molecule has 118 valence electrons. The Bertz CT molecular complexity index is 617. The number of aliphatic carboxylic acids is 1. The van der Waals surface area contributed by atoms with Crippen molar-refractivity contribution in [3.63, 3.8) is 0 Å². The summed E-state index contributed by atoms with van der Waals surface area (Å²) >= 11 is 0. The first-order valence-electron chi connectivity index (χ1n) is 7.65. The van der Waals surface area contributed by atoms with E-state index in [-0.39, 0.29) is 18.1 Å². The summed E-state index contributed by atoms with van der Waals surface area (Å²) in [6, 6.07) is 4.02. The highest BCUT2D eigenvalue weighted by Crippen LogP contribution is 2.44. The molecule has 2 unspecified atom stereocenters. The van der Waals surface area contributed by atoms with Crippen LogP contribution in [0.15, 0.2) is 12.1 Å². The molecule has 22 heavy (non-hydrogen) atoms. The molecule has 2 heterocycles. The summed E-state index contributed by atoms with van der Waals surface area (Å²) < 4.78 is 5.66. The van der Waals surface area contributed by atoms with Gasteiger partial charge in [-0.2, -0.15) is 0 Å². The Labute approximate surface area is 129 Å². The largest absolute Gasteiger partial charge is 0.481 e. The fourth-order valence-electron chi connectivity index (χ4n) is 3.91. The molecule has 0 aliphatic carbocycles. The van der Waals surface area contributed by atoms with Gasteiger partial charge >= 0.3 is 5.97 Å². The van der Waals surface area contributed by atoms with E-state index >= 15 is 0 Å². The van der Waals surface area contributed by atoms with Gasteiger partial charge in [0.05, 0.1) is 24.0 Å². The van der Waals surface area contributed by atoms with Crippen LogP contribution in [-0.4, -0.2) is 29.2 Å². The van der Waals surface area contributed by atoms with E-state index in [1.807, 2.05) is 32.9 Å². The van der Waals surface area contributed by atoms with Crippen LogP contribution in [0.1, 0.15) is 29.5 Å². The third-order valence-electron chi connectivity index (χ3n) is 4.79. The molecular formula is C17H21NO4. The average molecular weight is 303 g/mol. The van der Waals surface area contributed by atoms with Crippen LogP contribution in [0.5, 0.6) is 0 Å². The van der Waals surface area contributed by atoms with Crippen molar-refractivity contribution in [3.05, 3.63) is 28.8 Å². The highest BCUT2D eigenvalue weighted by atomic mass is 16.5. The normalized spacial score (nSPS) is 29.6. The molecule has 2 fully saturated rings. The number of nitrogens with one attached hydrogen (secondary N) is 1. The number of hydrogen-bond donors (Lipinski definition) is 2. The maximum atomic E-state index is 12.7. The molecule has 4 atom stereocenters. The second-order valence-electron chi connectivity index (χ2n) is 6.44. The molecule has 5 heteroatoms. The first-order chi connectivity index (χ1) is 10.4. The molecule has 1 aromatic carbocycles. The Morgan fingerprint density at radius 2 is 1.64 bits per heavy atom. The van der Waals surface area contributed by atoms with Crippen molar-refractivity contribution in [1.82, 2.24) is 0 Å². The zero-order chi connectivity index (χ0) is 16.0. The van der Waals surface area contributed by atoms with Crippen molar-refractivity contribution in [2.24, 2.45) is 11.8 Å². The maximum absolute atomic E-state index is 12.7. The van der Waals surface area contributed by atoms with Gasteiger partial charge in [-0.3, -0.25) is 9.59 Å². The van der Waals surface area contributed by atoms with Crippen LogP contribution in [0.3, 0.4) is 0 Å². The summed E-state index contributed by atoms with van der Waals surface area (Å²) in [5.41, 5.74) is 3.89. The Morgan fingerprint density at radius 1 is 1.09 bits per heavy atom. The van der Waals surface area contributed by atoms with Crippen LogP contribution in [0.2, 0.25) is 0 Å². The van der Waals surface area contributed by atoms with Gasteiger partial charge in [-0.25, -0.2) is 0 Å². The minimum absolute atomic E-state index is 0.241. The number of hydrogen-bond acceptors (Lipinski definition) is 3. The smallest absolute Gasteiger partial charge is 0.310 e. The average Bonchev–Trinajstić information content (AvgIpc) is 3.02. The van der Waals surface area contributed by atoms with Gasteiger partial charge in [0.25, 0.3) is 0 Å². The number of anilines is 1. The quantitative estimate of drug-likeness (QED) is 0.899. The summed E-state index contributed by atoms with van der Waals surface area (Å²) in [5, 5.41) is 12.3. The third-order valence-corrected chi connectivity index (χ3v) is 4.79. The number of benzene rings is 1. The lowest BCUT2D eigenvalue weighted by molar-refractivity contribution is -0.147. The molecule has 1 amide bonds. The number of carboxylic acids is 1. The third kappa shape index (κ3) is 2.39. The molecule has 0 aromatic heterocycles. The second-order valence-corrected chi connectivity index (χ2v) is 6.44. The molecule has 2 aliphatic rings. The molecular weight excluding hydrogens is 282 g/mol. The summed E-state index contributed by atoms with van der Waals surface area (Å²) in [6.07, 6.45) is 0.905. The second kappa shape index (κ2) is 5.39. The van der Waals surface area contributed by atoms with Gasteiger partial charge < -0.3 is 15.2 Å². The number of ether oxygens (including phenoxy) is 1. The summed E-state index contributed by atoms with van der Waals surface area (Å²) in [7, 11) is 0. The van der Waals surface area contributed by atoms with Crippen molar-refractivity contribution in [3.8, 4) is 0 Å². The first-order valence-corrected chi connectivity index (χ1v) is 7.65. The molecule has 1 aromatic rings. The molecule has 3 rings (SSSR count). The molecule has 2 aliphatic heterocycles. The van der Waals surface area contributed by atoms with Crippen LogP contribution >= 0.6 is 0 Å². The van der Waals surface area contributed by atoms with Gasteiger partial charge in [-0.05, 0) is 44.7 Å². The van der Waals surface area contributed by atoms with Crippen molar-refractivity contribution >= 4 is 17.6 Å². The summed E-state index contributed by atoms with van der Waals surface area (Å²) in [5.74, 6) is -2.51. The van der Waals surface area contributed by atoms with Crippen molar-refractivity contribution in [2.75, 3.05) is 5.32 Å². The molecule has 2 bridgehead atoms. The Morgan fingerprint density at radius 3 is 2.18 bits per heavy atom. The predicted molar refractivity (Wildman–Crippen MR) is 81.8 cm³/mol. The number of aryl methyl sites for hydroxylation is 3. The van der Waals surface area contributed by atoms with E-state index in [9.17, 15) is 14.7 Å². The van der Waals surface area contributed by atoms with E-state index in [2.05, 4.69) is 5.32 Å². The zero-order valence-corrected chi connectivity index (χ0v) is 13.1. The Hall–Kier alpha value is -1.88. The van der Waals surface area contributed by atoms with E-state index < -0.39 is 17.8 Å². The molecule has 0 saturated carbocycles. The van der Waals surface area contributed by atoms with Crippen molar-refractivity contribution in [2.45, 2.75) is 45.8 Å². The SMILES string of the molecule is Cc1cc(C)c(NC(=O)C2C(C(=O)O)[C@@H]3CC[C@H]2O3)c(C)c1. The van der Waals surface area contributed by atoms with Gasteiger partial charge in [-0.1, -0.05) is 17.7 Å². The number of fused-ring (bicyclic) bond motifs is 2. The number of rotatable bonds is 3. The summed E-state index contributed by atoms with van der Waals surface area (Å²) in [4.78, 5) is 24.1. The van der Waals surface area contributed by atoms with Gasteiger partial charge in [0.2, 0.25) is 5.91 Å². The van der Waals surface area contributed by atoms with Crippen LogP contribution in [-0.2, 0) is 14.3 Å². The van der Waals surface area contributed by atoms with Gasteiger partial charge in [0, 0.05) is 5.69 Å². The Kier molecular flexibility index (Phi) is 3.68.